The minimum absolute atomic E-state index is 0.849. The first-order chi connectivity index (χ1) is 14.8. The minimum Gasteiger partial charge on any atom is -0.248 e. The smallest absolute Gasteiger partial charge is 0.0988 e. The Morgan fingerprint density at radius 2 is 0.900 bits per heavy atom. The molecule has 0 atom stereocenters. The first-order valence-corrected chi connectivity index (χ1v) is 9.97. The molecule has 140 valence electrons. The Hall–Kier alpha value is -4.11. The highest BCUT2D eigenvalue weighted by Crippen LogP contribution is 2.33. The second-order valence-corrected chi connectivity index (χ2v) is 7.36. The molecular weight excluding hydrogens is 366 g/mol. The van der Waals surface area contributed by atoms with Crippen molar-refractivity contribution < 1.29 is 0 Å². The second-order valence-electron chi connectivity index (χ2n) is 7.36. The Kier molecular flexibility index (Phi) is 3.78. The lowest BCUT2D eigenvalue weighted by Gasteiger charge is -2.12. The average Bonchev–Trinajstić information content (AvgIpc) is 2.82. The molecule has 0 bridgehead atoms. The van der Waals surface area contributed by atoms with Crippen LogP contribution in [0.25, 0.3) is 55.4 Å². The normalized spacial score (nSPS) is 11.3. The maximum Gasteiger partial charge on any atom is 0.0988 e. The number of benzene rings is 3. The van der Waals surface area contributed by atoms with E-state index in [1.807, 2.05) is 60.7 Å². The van der Waals surface area contributed by atoms with Gasteiger partial charge in [0.05, 0.1) is 33.6 Å². The molecule has 6 aromatic rings. The number of hydrogen-bond acceptors (Lipinski definition) is 3. The zero-order valence-corrected chi connectivity index (χ0v) is 16.2. The number of fused-ring (bicyclic) bond motifs is 3. The van der Waals surface area contributed by atoms with Gasteiger partial charge in [0.2, 0.25) is 0 Å². The number of pyridine rings is 3. The van der Waals surface area contributed by atoms with Crippen molar-refractivity contribution >= 4 is 32.7 Å². The molecule has 0 aliphatic rings. The highest BCUT2D eigenvalue weighted by Gasteiger charge is 2.14. The molecule has 0 aliphatic carbocycles. The van der Waals surface area contributed by atoms with Crippen molar-refractivity contribution in [3.8, 4) is 22.6 Å². The maximum absolute atomic E-state index is 5.01. The van der Waals surface area contributed by atoms with Gasteiger partial charge in [-0.25, -0.2) is 15.0 Å². The molecule has 0 radical (unpaired) electrons. The Balaban J connectivity index is 1.64. The molecule has 3 heterocycles. The Morgan fingerprint density at radius 3 is 1.57 bits per heavy atom. The lowest BCUT2D eigenvalue weighted by molar-refractivity contribution is 1.30. The van der Waals surface area contributed by atoms with Crippen LogP contribution in [-0.2, 0) is 0 Å². The van der Waals surface area contributed by atoms with Crippen LogP contribution in [0, 0.1) is 0 Å². The number of para-hydroxylation sites is 3. The summed E-state index contributed by atoms with van der Waals surface area (Å²) in [6, 6.07) is 35.0. The molecule has 0 saturated carbocycles. The van der Waals surface area contributed by atoms with Crippen molar-refractivity contribution in [1.29, 1.82) is 0 Å². The summed E-state index contributed by atoms with van der Waals surface area (Å²) < 4.78 is 0. The van der Waals surface area contributed by atoms with E-state index in [2.05, 4.69) is 42.5 Å². The third kappa shape index (κ3) is 2.80. The number of nitrogens with zero attached hydrogens (tertiary/aromatic N) is 3. The molecule has 0 aliphatic heterocycles. The van der Waals surface area contributed by atoms with Crippen molar-refractivity contribution in [2.24, 2.45) is 0 Å². The average molecular weight is 383 g/mol. The maximum atomic E-state index is 5.01. The molecule has 3 heteroatoms. The summed E-state index contributed by atoms with van der Waals surface area (Å²) in [5.74, 6) is 0. The van der Waals surface area contributed by atoms with Gasteiger partial charge in [-0.2, -0.15) is 0 Å². The number of rotatable bonds is 2. The third-order valence-corrected chi connectivity index (χ3v) is 5.44. The van der Waals surface area contributed by atoms with Gasteiger partial charge in [0.25, 0.3) is 0 Å². The standard InChI is InChI=1S/C27H17N3/c1-4-10-22-18(7-1)13-15-25(28-22)21-17-20-9-3-6-12-24(20)30-27(21)26-16-14-19-8-2-5-11-23(19)29-26/h1-17H. The van der Waals surface area contributed by atoms with Crippen molar-refractivity contribution in [2.75, 3.05) is 0 Å². The van der Waals surface area contributed by atoms with Gasteiger partial charge in [-0.1, -0.05) is 66.7 Å². The zero-order chi connectivity index (χ0) is 19.9. The van der Waals surface area contributed by atoms with Crippen molar-refractivity contribution in [2.45, 2.75) is 0 Å². The summed E-state index contributed by atoms with van der Waals surface area (Å²) in [6.07, 6.45) is 0. The molecular formula is C27H17N3. The second kappa shape index (κ2) is 6.75. The lowest BCUT2D eigenvalue weighted by Crippen LogP contribution is -1.95. The Labute approximate surface area is 173 Å². The van der Waals surface area contributed by atoms with Crippen LogP contribution >= 0.6 is 0 Å². The molecule has 30 heavy (non-hydrogen) atoms. The lowest BCUT2D eigenvalue weighted by atomic mass is 10.0. The van der Waals surface area contributed by atoms with Crippen molar-refractivity contribution in [3.05, 3.63) is 103 Å². The fourth-order valence-corrected chi connectivity index (χ4v) is 3.92. The molecule has 0 saturated heterocycles. The molecule has 0 unspecified atom stereocenters. The Bertz CT molecular complexity index is 1440. The highest BCUT2D eigenvalue weighted by atomic mass is 14.8. The van der Waals surface area contributed by atoms with E-state index >= 15 is 0 Å². The zero-order valence-electron chi connectivity index (χ0n) is 16.2. The van der Waals surface area contributed by atoms with E-state index in [0.717, 1.165) is 55.4 Å². The summed E-state index contributed by atoms with van der Waals surface area (Å²) >= 11 is 0. The summed E-state index contributed by atoms with van der Waals surface area (Å²) in [5, 5.41) is 3.33. The van der Waals surface area contributed by atoms with Crippen LogP contribution in [0.4, 0.5) is 0 Å². The molecule has 3 aromatic carbocycles. The van der Waals surface area contributed by atoms with E-state index in [1.165, 1.54) is 0 Å². The molecule has 0 N–H and O–H groups in total. The first kappa shape index (κ1) is 16.8. The van der Waals surface area contributed by atoms with Gasteiger partial charge in [-0.3, -0.25) is 0 Å². The van der Waals surface area contributed by atoms with Crippen LogP contribution in [0.15, 0.2) is 103 Å². The van der Waals surface area contributed by atoms with Gasteiger partial charge in [0.1, 0.15) is 0 Å². The highest BCUT2D eigenvalue weighted by molar-refractivity contribution is 5.93. The number of aromatic nitrogens is 3. The van der Waals surface area contributed by atoms with Gasteiger partial charge in [-0.05, 0) is 36.4 Å². The summed E-state index contributed by atoms with van der Waals surface area (Å²) in [7, 11) is 0. The molecule has 6 rings (SSSR count). The summed E-state index contributed by atoms with van der Waals surface area (Å²) in [5.41, 5.74) is 6.47. The largest absolute Gasteiger partial charge is 0.248 e. The van der Waals surface area contributed by atoms with Gasteiger partial charge in [-0.15, -0.1) is 0 Å². The Morgan fingerprint density at radius 1 is 0.400 bits per heavy atom. The van der Waals surface area contributed by atoms with Crippen LogP contribution in [0.5, 0.6) is 0 Å². The van der Waals surface area contributed by atoms with E-state index < -0.39 is 0 Å². The predicted octanol–water partition coefficient (Wildman–Crippen LogP) is 6.67. The third-order valence-electron chi connectivity index (χ3n) is 5.44. The van der Waals surface area contributed by atoms with E-state index in [-0.39, 0.29) is 0 Å². The van der Waals surface area contributed by atoms with Crippen LogP contribution in [-0.4, -0.2) is 15.0 Å². The van der Waals surface area contributed by atoms with E-state index in [9.17, 15) is 0 Å². The minimum atomic E-state index is 0.849. The predicted molar refractivity (Wildman–Crippen MR) is 123 cm³/mol. The fraction of sp³-hybridized carbons (Fsp3) is 0. The molecule has 0 amide bonds. The van der Waals surface area contributed by atoms with Gasteiger partial charge < -0.3 is 0 Å². The molecule has 3 nitrogen and oxygen atoms in total. The molecule has 0 spiro atoms. The van der Waals surface area contributed by atoms with Crippen molar-refractivity contribution in [1.82, 2.24) is 15.0 Å². The first-order valence-electron chi connectivity index (χ1n) is 9.97. The fourth-order valence-electron chi connectivity index (χ4n) is 3.92. The van der Waals surface area contributed by atoms with E-state index in [0.29, 0.717) is 0 Å². The van der Waals surface area contributed by atoms with Gasteiger partial charge in [0.15, 0.2) is 0 Å². The summed E-state index contributed by atoms with van der Waals surface area (Å²) in [6.45, 7) is 0. The number of hydrogen-bond donors (Lipinski definition) is 0. The van der Waals surface area contributed by atoms with Gasteiger partial charge >= 0.3 is 0 Å². The van der Waals surface area contributed by atoms with Crippen LogP contribution < -0.4 is 0 Å². The topological polar surface area (TPSA) is 38.7 Å². The SMILES string of the molecule is c1ccc2nc(-c3cc4ccccc4nc3-c3ccc4ccccc4n3)ccc2c1. The quantitative estimate of drug-likeness (QED) is 0.335. The monoisotopic (exact) mass is 383 g/mol. The molecule has 3 aromatic heterocycles. The van der Waals surface area contributed by atoms with Crippen LogP contribution in [0.2, 0.25) is 0 Å². The van der Waals surface area contributed by atoms with E-state index in [1.54, 1.807) is 0 Å². The van der Waals surface area contributed by atoms with Gasteiger partial charge in [0, 0.05) is 21.7 Å². The van der Waals surface area contributed by atoms with Crippen molar-refractivity contribution in [3.63, 3.8) is 0 Å². The van der Waals surface area contributed by atoms with E-state index in [4.69, 9.17) is 15.0 Å². The molecule has 0 fully saturated rings. The van der Waals surface area contributed by atoms with Crippen LogP contribution in [0.1, 0.15) is 0 Å². The summed E-state index contributed by atoms with van der Waals surface area (Å²) in [4.78, 5) is 14.8. The van der Waals surface area contributed by atoms with Crippen LogP contribution in [0.3, 0.4) is 0 Å².